The first kappa shape index (κ1) is 12.5. The summed E-state index contributed by atoms with van der Waals surface area (Å²) in [5.41, 5.74) is 1.15. The third kappa shape index (κ3) is 2.96. The van der Waals surface area contributed by atoms with Gasteiger partial charge in [-0.25, -0.2) is 0 Å². The molecule has 0 spiro atoms. The summed E-state index contributed by atoms with van der Waals surface area (Å²) in [6.07, 6.45) is 0.919. The highest BCUT2D eigenvalue weighted by atomic mass is 16.1. The molecule has 3 heteroatoms. The van der Waals surface area contributed by atoms with E-state index in [1.165, 1.54) is 0 Å². The Morgan fingerprint density at radius 1 is 1.38 bits per heavy atom. The average molecular weight is 218 g/mol. The third-order valence-corrected chi connectivity index (χ3v) is 2.60. The highest BCUT2D eigenvalue weighted by molar-refractivity contribution is 5.27. The molecule has 0 aromatic carbocycles. The summed E-state index contributed by atoms with van der Waals surface area (Å²) in [6.45, 7) is 8.99. The van der Waals surface area contributed by atoms with Crippen molar-refractivity contribution < 1.29 is 0 Å². The number of rotatable bonds is 2. The van der Waals surface area contributed by atoms with Gasteiger partial charge in [-0.3, -0.25) is 4.79 Å². The molecule has 0 radical (unpaired) electrons. The zero-order valence-corrected chi connectivity index (χ0v) is 10.4. The Bertz CT molecular complexity index is 472. The van der Waals surface area contributed by atoms with Crippen LogP contribution in [-0.4, -0.2) is 4.57 Å². The molecule has 0 unspecified atom stereocenters. The molecule has 0 amide bonds. The molecule has 0 fully saturated rings. The fourth-order valence-electron chi connectivity index (χ4n) is 1.48. The van der Waals surface area contributed by atoms with Gasteiger partial charge in [-0.15, -0.1) is 0 Å². The highest BCUT2D eigenvalue weighted by Crippen LogP contribution is 2.19. The Balaban J connectivity index is 3.05. The van der Waals surface area contributed by atoms with Crippen LogP contribution in [0.25, 0.3) is 0 Å². The van der Waals surface area contributed by atoms with E-state index >= 15 is 0 Å². The van der Waals surface area contributed by atoms with Gasteiger partial charge in [-0.2, -0.15) is 5.26 Å². The van der Waals surface area contributed by atoms with E-state index in [0.717, 1.165) is 12.1 Å². The standard InChI is InChI=1S/C13H18N2O/c1-10-5-6-11(9-14)12(16)15(10)8-7-13(2,3)4/h5-6H,7-8H2,1-4H3. The lowest BCUT2D eigenvalue weighted by Gasteiger charge is -2.19. The van der Waals surface area contributed by atoms with Crippen LogP contribution >= 0.6 is 0 Å². The Hall–Kier alpha value is -1.56. The maximum atomic E-state index is 11.9. The van der Waals surface area contributed by atoms with Gasteiger partial charge in [0.15, 0.2) is 0 Å². The topological polar surface area (TPSA) is 45.8 Å². The van der Waals surface area contributed by atoms with Crippen molar-refractivity contribution in [2.75, 3.05) is 0 Å². The van der Waals surface area contributed by atoms with Gasteiger partial charge in [-0.1, -0.05) is 20.8 Å². The number of hydrogen-bond donors (Lipinski definition) is 0. The van der Waals surface area contributed by atoms with Crippen molar-refractivity contribution in [1.82, 2.24) is 4.57 Å². The summed E-state index contributed by atoms with van der Waals surface area (Å²) in [6, 6.07) is 5.34. The molecule has 0 aliphatic heterocycles. The zero-order valence-electron chi connectivity index (χ0n) is 10.4. The number of pyridine rings is 1. The van der Waals surface area contributed by atoms with Gasteiger partial charge in [0.25, 0.3) is 5.56 Å². The molecule has 0 bridgehead atoms. The molecule has 86 valence electrons. The van der Waals surface area contributed by atoms with Gasteiger partial charge in [0.1, 0.15) is 11.6 Å². The molecule has 0 saturated heterocycles. The van der Waals surface area contributed by atoms with Gasteiger partial charge < -0.3 is 4.57 Å². The average Bonchev–Trinajstić information content (AvgIpc) is 2.16. The molecule has 0 N–H and O–H groups in total. The van der Waals surface area contributed by atoms with Gasteiger partial charge in [0.05, 0.1) is 0 Å². The predicted octanol–water partition coefficient (Wildman–Crippen LogP) is 2.46. The number of aryl methyl sites for hydroxylation is 1. The van der Waals surface area contributed by atoms with E-state index in [1.807, 2.05) is 19.1 Å². The molecule has 0 atom stereocenters. The minimum absolute atomic E-state index is 0.174. The molecule has 0 saturated carbocycles. The summed E-state index contributed by atoms with van der Waals surface area (Å²) in [5, 5.41) is 8.80. The Kier molecular flexibility index (Phi) is 3.54. The van der Waals surface area contributed by atoms with Crippen LogP contribution in [-0.2, 0) is 6.54 Å². The summed E-state index contributed by atoms with van der Waals surface area (Å²) in [5.74, 6) is 0. The fourth-order valence-corrected chi connectivity index (χ4v) is 1.48. The molecule has 0 aliphatic carbocycles. The lowest BCUT2D eigenvalue weighted by atomic mass is 9.92. The first-order valence-corrected chi connectivity index (χ1v) is 5.46. The van der Waals surface area contributed by atoms with Crippen LogP contribution in [0.3, 0.4) is 0 Å². The van der Waals surface area contributed by atoms with Crippen LogP contribution in [0.15, 0.2) is 16.9 Å². The maximum Gasteiger partial charge on any atom is 0.268 e. The second-order valence-electron chi connectivity index (χ2n) is 5.27. The number of nitrogens with zero attached hydrogens (tertiary/aromatic N) is 2. The summed E-state index contributed by atoms with van der Waals surface area (Å²) in [4.78, 5) is 11.9. The first-order valence-electron chi connectivity index (χ1n) is 5.46. The summed E-state index contributed by atoms with van der Waals surface area (Å²) < 4.78 is 1.68. The molecular formula is C13H18N2O. The van der Waals surface area contributed by atoms with Gasteiger partial charge in [0, 0.05) is 12.2 Å². The molecule has 0 aliphatic rings. The normalized spacial score (nSPS) is 11.2. The number of nitriles is 1. The Labute approximate surface area is 96.3 Å². The van der Waals surface area contributed by atoms with E-state index < -0.39 is 0 Å². The molecule has 1 heterocycles. The van der Waals surface area contributed by atoms with Crippen LogP contribution in [0, 0.1) is 23.7 Å². The van der Waals surface area contributed by atoms with E-state index in [4.69, 9.17) is 5.26 Å². The molecular weight excluding hydrogens is 200 g/mol. The van der Waals surface area contributed by atoms with Gasteiger partial charge in [0.2, 0.25) is 0 Å². The molecule has 1 aromatic rings. The molecule has 1 aromatic heterocycles. The van der Waals surface area contributed by atoms with Gasteiger partial charge >= 0.3 is 0 Å². The van der Waals surface area contributed by atoms with E-state index in [1.54, 1.807) is 10.6 Å². The summed E-state index contributed by atoms with van der Waals surface area (Å²) >= 11 is 0. The zero-order chi connectivity index (χ0) is 12.3. The van der Waals surface area contributed by atoms with Crippen molar-refractivity contribution in [3.63, 3.8) is 0 Å². The quantitative estimate of drug-likeness (QED) is 0.765. The van der Waals surface area contributed by atoms with Crippen LogP contribution in [0.5, 0.6) is 0 Å². The predicted molar refractivity (Wildman–Crippen MR) is 64.2 cm³/mol. The molecule has 3 nitrogen and oxygen atoms in total. The van der Waals surface area contributed by atoms with Crippen molar-refractivity contribution >= 4 is 0 Å². The van der Waals surface area contributed by atoms with E-state index in [-0.39, 0.29) is 16.5 Å². The van der Waals surface area contributed by atoms with Crippen LogP contribution in [0.2, 0.25) is 0 Å². The molecule has 16 heavy (non-hydrogen) atoms. The summed E-state index contributed by atoms with van der Waals surface area (Å²) in [7, 11) is 0. The third-order valence-electron chi connectivity index (χ3n) is 2.60. The van der Waals surface area contributed by atoms with Crippen LogP contribution in [0.4, 0.5) is 0 Å². The minimum atomic E-state index is -0.174. The second kappa shape index (κ2) is 4.52. The van der Waals surface area contributed by atoms with Gasteiger partial charge in [-0.05, 0) is 30.9 Å². The fraction of sp³-hybridized carbons (Fsp3) is 0.538. The van der Waals surface area contributed by atoms with Crippen molar-refractivity contribution in [3.05, 3.63) is 33.7 Å². The largest absolute Gasteiger partial charge is 0.312 e. The highest BCUT2D eigenvalue weighted by Gasteiger charge is 2.12. The van der Waals surface area contributed by atoms with Crippen molar-refractivity contribution in [3.8, 4) is 6.07 Å². The minimum Gasteiger partial charge on any atom is -0.312 e. The smallest absolute Gasteiger partial charge is 0.268 e. The van der Waals surface area contributed by atoms with E-state index in [2.05, 4.69) is 20.8 Å². The number of hydrogen-bond acceptors (Lipinski definition) is 2. The first-order chi connectivity index (χ1) is 7.35. The number of aromatic nitrogens is 1. The lowest BCUT2D eigenvalue weighted by molar-refractivity contribution is 0.346. The SMILES string of the molecule is Cc1ccc(C#N)c(=O)n1CCC(C)(C)C. The van der Waals surface area contributed by atoms with E-state index in [0.29, 0.717) is 6.54 Å². The van der Waals surface area contributed by atoms with Crippen LogP contribution in [0.1, 0.15) is 38.4 Å². The maximum absolute atomic E-state index is 11.9. The van der Waals surface area contributed by atoms with Crippen molar-refractivity contribution in [2.45, 2.75) is 40.7 Å². The van der Waals surface area contributed by atoms with E-state index in [9.17, 15) is 4.79 Å². The molecule has 1 rings (SSSR count). The van der Waals surface area contributed by atoms with Crippen LogP contribution < -0.4 is 5.56 Å². The Morgan fingerprint density at radius 2 is 2.00 bits per heavy atom. The monoisotopic (exact) mass is 218 g/mol. The second-order valence-corrected chi connectivity index (χ2v) is 5.27. The van der Waals surface area contributed by atoms with Crippen molar-refractivity contribution in [1.29, 1.82) is 5.26 Å². The van der Waals surface area contributed by atoms with Crippen molar-refractivity contribution in [2.24, 2.45) is 5.41 Å². The lowest BCUT2D eigenvalue weighted by Crippen LogP contribution is -2.26. The Morgan fingerprint density at radius 3 is 2.50 bits per heavy atom.